The fourth-order valence-corrected chi connectivity index (χ4v) is 3.61. The third-order valence-corrected chi connectivity index (χ3v) is 5.13. The van der Waals surface area contributed by atoms with Gasteiger partial charge in [0.2, 0.25) is 11.8 Å². The molecule has 2 amide bonds. The summed E-state index contributed by atoms with van der Waals surface area (Å²) in [5.41, 5.74) is 0.674. The van der Waals surface area contributed by atoms with Crippen LogP contribution >= 0.6 is 11.3 Å². The molecule has 6 nitrogen and oxygen atoms in total. The molecule has 1 aliphatic heterocycles. The molecular weight excluding hydrogens is 355 g/mol. The number of hydrogen-bond acceptors (Lipinski definition) is 5. The summed E-state index contributed by atoms with van der Waals surface area (Å²) in [4.78, 5) is 14.2. The van der Waals surface area contributed by atoms with Gasteiger partial charge in [0.1, 0.15) is 5.82 Å². The Morgan fingerprint density at radius 1 is 1.27 bits per heavy atom. The summed E-state index contributed by atoms with van der Waals surface area (Å²) < 4.78 is 18.8. The van der Waals surface area contributed by atoms with Crippen molar-refractivity contribution in [2.24, 2.45) is 0 Å². The van der Waals surface area contributed by atoms with Crippen molar-refractivity contribution in [3.63, 3.8) is 0 Å². The Morgan fingerprint density at radius 2 is 2.12 bits per heavy atom. The van der Waals surface area contributed by atoms with Crippen LogP contribution in [0.1, 0.15) is 24.7 Å². The fourth-order valence-electron chi connectivity index (χ4n) is 3.01. The number of nitrogens with one attached hydrogen (secondary N) is 1. The molecule has 0 radical (unpaired) electrons. The Hall–Kier alpha value is -2.74. The first kappa shape index (κ1) is 16.7. The van der Waals surface area contributed by atoms with Crippen LogP contribution < -0.4 is 5.32 Å². The lowest BCUT2D eigenvalue weighted by molar-refractivity contribution is 0.187. The van der Waals surface area contributed by atoms with Gasteiger partial charge < -0.3 is 9.32 Å². The van der Waals surface area contributed by atoms with E-state index in [1.54, 1.807) is 17.0 Å². The van der Waals surface area contributed by atoms with Gasteiger partial charge in [0.25, 0.3) is 0 Å². The number of likely N-dealkylation sites (tertiary alicyclic amines) is 1. The lowest BCUT2D eigenvalue weighted by Gasteiger charge is -2.30. The van der Waals surface area contributed by atoms with E-state index >= 15 is 0 Å². The number of hydrogen-bond donors (Lipinski definition) is 1. The third kappa shape index (κ3) is 3.60. The van der Waals surface area contributed by atoms with E-state index in [0.717, 1.165) is 17.8 Å². The summed E-state index contributed by atoms with van der Waals surface area (Å²) in [6.07, 6.45) is 1.75. The number of nitrogens with zero attached hydrogens (tertiary/aromatic N) is 3. The molecule has 1 N–H and O–H groups in total. The van der Waals surface area contributed by atoms with Gasteiger partial charge in [-0.2, -0.15) is 0 Å². The van der Waals surface area contributed by atoms with E-state index in [9.17, 15) is 9.18 Å². The summed E-state index contributed by atoms with van der Waals surface area (Å²) in [6, 6.07) is 9.58. The average molecular weight is 372 g/mol. The van der Waals surface area contributed by atoms with Crippen LogP contribution in [0.5, 0.6) is 0 Å². The van der Waals surface area contributed by atoms with E-state index < -0.39 is 0 Å². The van der Waals surface area contributed by atoms with Crippen LogP contribution in [0.3, 0.4) is 0 Å². The second kappa shape index (κ2) is 7.25. The van der Waals surface area contributed by atoms with Crippen molar-refractivity contribution < 1.29 is 13.6 Å². The van der Waals surface area contributed by atoms with Crippen LogP contribution in [0, 0.1) is 5.82 Å². The number of halogens is 1. The highest BCUT2D eigenvalue weighted by atomic mass is 32.1. The number of piperidine rings is 1. The maximum atomic E-state index is 13.0. The molecule has 1 atom stereocenters. The SMILES string of the molecule is O=C(Nc1cccs1)N1CCCC(c2nnc(-c3ccc(F)cc3)o2)C1. The van der Waals surface area contributed by atoms with Gasteiger partial charge in [-0.05, 0) is 54.6 Å². The van der Waals surface area contributed by atoms with Crippen LogP contribution in [-0.2, 0) is 0 Å². The molecule has 0 spiro atoms. The Kier molecular flexibility index (Phi) is 4.66. The number of urea groups is 1. The second-order valence-electron chi connectivity index (χ2n) is 6.14. The quantitative estimate of drug-likeness (QED) is 0.742. The van der Waals surface area contributed by atoms with Gasteiger partial charge in [-0.25, -0.2) is 9.18 Å². The molecular formula is C18H17FN4O2S. The second-order valence-corrected chi connectivity index (χ2v) is 7.09. The number of aromatic nitrogens is 2. The van der Waals surface area contributed by atoms with Crippen LogP contribution in [0.15, 0.2) is 46.2 Å². The molecule has 134 valence electrons. The standard InChI is InChI=1S/C18H17FN4O2S/c19-14-7-5-12(6-8-14)16-21-22-17(25-16)13-3-1-9-23(11-13)18(24)20-15-4-2-10-26-15/h2,4-8,10,13H,1,3,9,11H2,(H,20,24). The smallest absolute Gasteiger partial charge is 0.322 e. The van der Waals surface area contributed by atoms with Gasteiger partial charge in [-0.1, -0.05) is 0 Å². The van der Waals surface area contributed by atoms with E-state index in [0.29, 0.717) is 30.4 Å². The Morgan fingerprint density at radius 3 is 2.88 bits per heavy atom. The van der Waals surface area contributed by atoms with Crippen molar-refractivity contribution in [3.05, 3.63) is 53.5 Å². The lowest BCUT2D eigenvalue weighted by Crippen LogP contribution is -2.41. The molecule has 0 saturated carbocycles. The maximum absolute atomic E-state index is 13.0. The molecule has 8 heteroatoms. The monoisotopic (exact) mass is 372 g/mol. The van der Waals surface area contributed by atoms with E-state index in [1.807, 2.05) is 17.5 Å². The van der Waals surface area contributed by atoms with Gasteiger partial charge in [0, 0.05) is 18.7 Å². The van der Waals surface area contributed by atoms with Crippen molar-refractivity contribution in [1.29, 1.82) is 0 Å². The zero-order valence-electron chi connectivity index (χ0n) is 13.9. The van der Waals surface area contributed by atoms with Crippen molar-refractivity contribution in [3.8, 4) is 11.5 Å². The van der Waals surface area contributed by atoms with Gasteiger partial charge in [0.15, 0.2) is 0 Å². The van der Waals surface area contributed by atoms with E-state index in [2.05, 4.69) is 15.5 Å². The number of rotatable bonds is 3. The fraction of sp³-hybridized carbons (Fsp3) is 0.278. The predicted molar refractivity (Wildman–Crippen MR) is 96.6 cm³/mol. The number of benzene rings is 1. The molecule has 3 heterocycles. The Labute approximate surface area is 153 Å². The average Bonchev–Trinajstić information content (AvgIpc) is 3.34. The zero-order valence-corrected chi connectivity index (χ0v) is 14.7. The molecule has 26 heavy (non-hydrogen) atoms. The highest BCUT2D eigenvalue weighted by Gasteiger charge is 2.28. The summed E-state index contributed by atoms with van der Waals surface area (Å²) in [5, 5.41) is 13.9. The molecule has 1 unspecified atom stereocenters. The van der Waals surface area contributed by atoms with Crippen molar-refractivity contribution in [2.45, 2.75) is 18.8 Å². The first-order valence-electron chi connectivity index (χ1n) is 8.38. The number of carbonyl (C=O) groups is 1. The van der Waals surface area contributed by atoms with Crippen molar-refractivity contribution >= 4 is 22.4 Å². The maximum Gasteiger partial charge on any atom is 0.322 e. The minimum absolute atomic E-state index is 0.000431. The van der Waals surface area contributed by atoms with Crippen molar-refractivity contribution in [2.75, 3.05) is 18.4 Å². The van der Waals surface area contributed by atoms with E-state index in [4.69, 9.17) is 4.42 Å². The topological polar surface area (TPSA) is 71.3 Å². The molecule has 3 aromatic rings. The minimum Gasteiger partial charge on any atom is -0.420 e. The number of thiophene rings is 1. The number of amides is 2. The molecule has 0 bridgehead atoms. The number of anilines is 1. The summed E-state index contributed by atoms with van der Waals surface area (Å²) in [6.45, 7) is 1.23. The molecule has 4 rings (SSSR count). The highest BCUT2D eigenvalue weighted by molar-refractivity contribution is 7.14. The van der Waals surface area contributed by atoms with Crippen LogP contribution in [0.4, 0.5) is 14.2 Å². The van der Waals surface area contributed by atoms with Gasteiger partial charge >= 0.3 is 6.03 Å². The first-order chi connectivity index (χ1) is 12.7. The largest absolute Gasteiger partial charge is 0.420 e. The molecule has 1 aromatic carbocycles. The molecule has 1 saturated heterocycles. The van der Waals surface area contributed by atoms with Crippen LogP contribution in [0.25, 0.3) is 11.5 Å². The highest BCUT2D eigenvalue weighted by Crippen LogP contribution is 2.29. The zero-order chi connectivity index (χ0) is 17.9. The Bertz CT molecular complexity index is 879. The normalized spacial score (nSPS) is 17.3. The van der Waals surface area contributed by atoms with E-state index in [-0.39, 0.29) is 17.8 Å². The number of carbonyl (C=O) groups excluding carboxylic acids is 1. The third-order valence-electron chi connectivity index (χ3n) is 4.34. The van der Waals surface area contributed by atoms with Crippen molar-refractivity contribution in [1.82, 2.24) is 15.1 Å². The molecule has 2 aromatic heterocycles. The molecule has 0 aliphatic carbocycles. The molecule has 1 fully saturated rings. The summed E-state index contributed by atoms with van der Waals surface area (Å²) in [7, 11) is 0. The molecule has 1 aliphatic rings. The van der Waals surface area contributed by atoms with Gasteiger partial charge in [0.05, 0.1) is 10.9 Å². The van der Waals surface area contributed by atoms with Crippen LogP contribution in [0.2, 0.25) is 0 Å². The summed E-state index contributed by atoms with van der Waals surface area (Å²) in [5.74, 6) is 0.561. The van der Waals surface area contributed by atoms with Crippen LogP contribution in [-0.4, -0.2) is 34.2 Å². The van der Waals surface area contributed by atoms with Gasteiger partial charge in [-0.3, -0.25) is 5.32 Å². The van der Waals surface area contributed by atoms with Gasteiger partial charge in [-0.15, -0.1) is 21.5 Å². The first-order valence-corrected chi connectivity index (χ1v) is 9.26. The lowest BCUT2D eigenvalue weighted by atomic mass is 9.98. The minimum atomic E-state index is -0.312. The summed E-state index contributed by atoms with van der Waals surface area (Å²) >= 11 is 1.49. The predicted octanol–water partition coefficient (Wildman–Crippen LogP) is 4.35. The van der Waals surface area contributed by atoms with E-state index in [1.165, 1.54) is 23.5 Å². The Balaban J connectivity index is 1.44.